The molecule has 3 heterocycles. The highest BCUT2D eigenvalue weighted by Crippen LogP contribution is 2.47. The van der Waals surface area contributed by atoms with Crippen LogP contribution in [0.1, 0.15) is 23.9 Å². The molecule has 4 aromatic rings. The van der Waals surface area contributed by atoms with Gasteiger partial charge in [-0.1, -0.05) is 24.3 Å². The van der Waals surface area contributed by atoms with Gasteiger partial charge in [0.25, 0.3) is 5.56 Å². The minimum atomic E-state index is -0.199. The van der Waals surface area contributed by atoms with E-state index in [0.29, 0.717) is 30.1 Å². The highest BCUT2D eigenvalue weighted by Gasteiger charge is 2.40. The average Bonchev–Trinajstić information content (AvgIpc) is 3.59. The second-order valence-electron chi connectivity index (χ2n) is 8.19. The first-order valence-electron chi connectivity index (χ1n) is 10.6. The standard InChI is InChI=1S/C25H24N4O3/c1-15-26-12-20(17-11-23(31-3)25(30)29(2)13-17)24(27-15)32-14-18-10-19(18)22-9-8-16-6-4-5-7-21(16)28-22/h4-9,11-13,18-19H,10,14H2,1-3H3/t18-,19+/m1/s1. The summed E-state index contributed by atoms with van der Waals surface area (Å²) in [5, 5.41) is 1.15. The van der Waals surface area contributed by atoms with E-state index < -0.39 is 0 Å². The summed E-state index contributed by atoms with van der Waals surface area (Å²) in [6.07, 6.45) is 4.51. The van der Waals surface area contributed by atoms with Gasteiger partial charge in [-0.05, 0) is 31.5 Å². The third-order valence-corrected chi connectivity index (χ3v) is 5.91. The van der Waals surface area contributed by atoms with Gasteiger partial charge in [-0.25, -0.2) is 4.98 Å². The van der Waals surface area contributed by atoms with E-state index in [9.17, 15) is 4.79 Å². The summed E-state index contributed by atoms with van der Waals surface area (Å²) in [6.45, 7) is 2.38. The molecule has 5 rings (SSSR count). The van der Waals surface area contributed by atoms with Crippen LogP contribution in [0.25, 0.3) is 22.0 Å². The number of rotatable bonds is 6. The van der Waals surface area contributed by atoms with Crippen LogP contribution >= 0.6 is 0 Å². The minimum absolute atomic E-state index is 0.199. The molecule has 7 heteroatoms. The van der Waals surface area contributed by atoms with Crippen molar-refractivity contribution >= 4 is 10.9 Å². The van der Waals surface area contributed by atoms with Gasteiger partial charge in [0.1, 0.15) is 5.82 Å². The molecule has 0 N–H and O–H groups in total. The van der Waals surface area contributed by atoms with Crippen LogP contribution in [-0.2, 0) is 7.05 Å². The second-order valence-corrected chi connectivity index (χ2v) is 8.19. The molecule has 2 atom stereocenters. The van der Waals surface area contributed by atoms with E-state index in [1.165, 1.54) is 11.7 Å². The van der Waals surface area contributed by atoms with Crippen LogP contribution in [0.15, 0.2) is 59.7 Å². The van der Waals surface area contributed by atoms with Crippen LogP contribution in [0.5, 0.6) is 11.6 Å². The van der Waals surface area contributed by atoms with Gasteiger partial charge in [-0.2, -0.15) is 4.98 Å². The summed E-state index contributed by atoms with van der Waals surface area (Å²) in [6, 6.07) is 14.1. The van der Waals surface area contributed by atoms with Crippen LogP contribution in [0, 0.1) is 12.8 Å². The van der Waals surface area contributed by atoms with E-state index in [-0.39, 0.29) is 11.3 Å². The molecule has 32 heavy (non-hydrogen) atoms. The largest absolute Gasteiger partial charge is 0.491 e. The first-order chi connectivity index (χ1) is 15.5. The molecule has 1 aliphatic carbocycles. The molecule has 0 aliphatic heterocycles. The monoisotopic (exact) mass is 428 g/mol. The number of benzene rings is 1. The maximum atomic E-state index is 12.2. The Bertz CT molecular complexity index is 1370. The summed E-state index contributed by atoms with van der Waals surface area (Å²) in [5.41, 5.74) is 3.43. The minimum Gasteiger partial charge on any atom is -0.491 e. The molecule has 162 valence electrons. The van der Waals surface area contributed by atoms with Crippen molar-refractivity contribution in [2.24, 2.45) is 13.0 Å². The average molecular weight is 428 g/mol. The van der Waals surface area contributed by atoms with Crippen molar-refractivity contribution in [3.8, 4) is 22.8 Å². The second kappa shape index (κ2) is 8.07. The third-order valence-electron chi connectivity index (χ3n) is 5.91. The number of aromatic nitrogens is 4. The Morgan fingerprint density at radius 2 is 2.00 bits per heavy atom. The summed E-state index contributed by atoms with van der Waals surface area (Å²) in [7, 11) is 3.17. The van der Waals surface area contributed by atoms with Crippen molar-refractivity contribution in [1.29, 1.82) is 0 Å². The number of para-hydroxylation sites is 1. The molecule has 0 spiro atoms. The zero-order valence-corrected chi connectivity index (χ0v) is 18.3. The van der Waals surface area contributed by atoms with Crippen LogP contribution in [0.3, 0.4) is 0 Å². The normalized spacial score (nSPS) is 17.3. The number of fused-ring (bicyclic) bond motifs is 1. The number of nitrogens with zero attached hydrogens (tertiary/aromatic N) is 4. The number of methoxy groups -OCH3 is 1. The molecule has 0 radical (unpaired) electrons. The first kappa shape index (κ1) is 20.2. The van der Waals surface area contributed by atoms with Gasteiger partial charge in [0.05, 0.1) is 24.8 Å². The van der Waals surface area contributed by atoms with E-state index in [2.05, 4.69) is 28.2 Å². The zero-order chi connectivity index (χ0) is 22.2. The van der Waals surface area contributed by atoms with Crippen molar-refractivity contribution in [1.82, 2.24) is 19.5 Å². The van der Waals surface area contributed by atoms with Crippen molar-refractivity contribution in [2.75, 3.05) is 13.7 Å². The highest BCUT2D eigenvalue weighted by atomic mass is 16.5. The molecule has 1 aromatic carbocycles. The molecule has 1 aliphatic rings. The lowest BCUT2D eigenvalue weighted by Crippen LogP contribution is -2.18. The van der Waals surface area contributed by atoms with E-state index in [1.807, 2.05) is 25.1 Å². The fraction of sp³-hybridized carbons (Fsp3) is 0.280. The van der Waals surface area contributed by atoms with E-state index >= 15 is 0 Å². The smallest absolute Gasteiger partial charge is 0.292 e. The summed E-state index contributed by atoms with van der Waals surface area (Å²) in [5.74, 6) is 2.19. The molecule has 1 saturated carbocycles. The topological polar surface area (TPSA) is 79.1 Å². The maximum absolute atomic E-state index is 12.2. The Balaban J connectivity index is 1.36. The highest BCUT2D eigenvalue weighted by molar-refractivity contribution is 5.78. The Kier molecular flexibility index (Phi) is 5.09. The van der Waals surface area contributed by atoms with E-state index in [1.54, 1.807) is 25.5 Å². The number of pyridine rings is 2. The number of hydrogen-bond acceptors (Lipinski definition) is 6. The molecule has 0 unspecified atom stereocenters. The lowest BCUT2D eigenvalue weighted by Gasteiger charge is -2.13. The lowest BCUT2D eigenvalue weighted by atomic mass is 10.1. The lowest BCUT2D eigenvalue weighted by molar-refractivity contribution is 0.285. The number of hydrogen-bond donors (Lipinski definition) is 0. The molecule has 0 amide bonds. The fourth-order valence-electron chi connectivity index (χ4n) is 4.00. The van der Waals surface area contributed by atoms with Crippen LogP contribution < -0.4 is 15.0 Å². The Morgan fingerprint density at radius 1 is 1.16 bits per heavy atom. The van der Waals surface area contributed by atoms with Crippen molar-refractivity contribution in [3.05, 3.63) is 76.7 Å². The van der Waals surface area contributed by atoms with E-state index in [0.717, 1.165) is 34.1 Å². The van der Waals surface area contributed by atoms with Crippen molar-refractivity contribution in [3.63, 3.8) is 0 Å². The van der Waals surface area contributed by atoms with Gasteiger partial charge < -0.3 is 14.0 Å². The zero-order valence-electron chi connectivity index (χ0n) is 18.3. The van der Waals surface area contributed by atoms with Gasteiger partial charge in [-0.15, -0.1) is 0 Å². The Hall–Kier alpha value is -3.74. The molecule has 3 aromatic heterocycles. The first-order valence-corrected chi connectivity index (χ1v) is 10.6. The van der Waals surface area contributed by atoms with E-state index in [4.69, 9.17) is 14.5 Å². The predicted molar refractivity (Wildman–Crippen MR) is 122 cm³/mol. The van der Waals surface area contributed by atoms with Gasteiger partial charge in [0.2, 0.25) is 5.88 Å². The molecule has 1 fully saturated rings. The summed E-state index contributed by atoms with van der Waals surface area (Å²) >= 11 is 0. The molecule has 7 nitrogen and oxygen atoms in total. The summed E-state index contributed by atoms with van der Waals surface area (Å²) in [4.78, 5) is 25.8. The Morgan fingerprint density at radius 3 is 2.84 bits per heavy atom. The van der Waals surface area contributed by atoms with Gasteiger partial charge in [0.15, 0.2) is 5.75 Å². The number of ether oxygens (including phenoxy) is 2. The van der Waals surface area contributed by atoms with Crippen LogP contribution in [-0.4, -0.2) is 33.2 Å². The Labute approximate surface area is 185 Å². The van der Waals surface area contributed by atoms with Crippen LogP contribution in [0.2, 0.25) is 0 Å². The van der Waals surface area contributed by atoms with Gasteiger partial charge in [-0.3, -0.25) is 9.78 Å². The molecule has 0 saturated heterocycles. The third kappa shape index (κ3) is 3.82. The summed E-state index contributed by atoms with van der Waals surface area (Å²) < 4.78 is 12.9. The quantitative estimate of drug-likeness (QED) is 0.464. The molecular formula is C25H24N4O3. The predicted octanol–water partition coefficient (Wildman–Crippen LogP) is 3.89. The SMILES string of the molecule is COc1cc(-c2cnc(C)nc2OC[C@H]2C[C@@H]2c2ccc3ccccc3n2)cn(C)c1=O. The van der Waals surface area contributed by atoms with Crippen molar-refractivity contribution < 1.29 is 9.47 Å². The molecule has 0 bridgehead atoms. The van der Waals surface area contributed by atoms with Gasteiger partial charge >= 0.3 is 0 Å². The van der Waals surface area contributed by atoms with Gasteiger partial charge in [0, 0.05) is 47.9 Å². The van der Waals surface area contributed by atoms with Crippen LogP contribution in [0.4, 0.5) is 0 Å². The number of aryl methyl sites for hydroxylation is 2. The molecular weight excluding hydrogens is 404 g/mol. The van der Waals surface area contributed by atoms with Crippen molar-refractivity contribution in [2.45, 2.75) is 19.3 Å². The maximum Gasteiger partial charge on any atom is 0.292 e. The fourth-order valence-corrected chi connectivity index (χ4v) is 4.00.